The van der Waals surface area contributed by atoms with Crippen LogP contribution in [0.5, 0.6) is 0 Å². The number of rotatable bonds is 4. The van der Waals surface area contributed by atoms with E-state index in [-0.39, 0.29) is 11.8 Å². The second-order valence-corrected chi connectivity index (χ2v) is 6.48. The zero-order valence-electron chi connectivity index (χ0n) is 12.3. The molecule has 1 unspecified atom stereocenters. The molecule has 1 saturated carbocycles. The summed E-state index contributed by atoms with van der Waals surface area (Å²) < 4.78 is 0. The highest BCUT2D eigenvalue weighted by molar-refractivity contribution is 5.85. The molecule has 1 saturated heterocycles. The van der Waals surface area contributed by atoms with E-state index < -0.39 is 11.5 Å². The molecule has 0 bridgehead atoms. The summed E-state index contributed by atoms with van der Waals surface area (Å²) in [7, 11) is 0. The Balaban J connectivity index is 1.73. The molecule has 114 valence electrons. The normalized spacial score (nSPS) is 34.5. The Bertz CT molecular complexity index is 356. The maximum Gasteiger partial charge on any atom is 0.306 e. The lowest BCUT2D eigenvalue weighted by molar-refractivity contribution is -0.143. The van der Waals surface area contributed by atoms with Gasteiger partial charge in [0.25, 0.3) is 0 Å². The SMILES string of the molecule is CC1(C(=O)NCC2CCC(C(=O)O)CC2)CCCCN1. The van der Waals surface area contributed by atoms with Crippen molar-refractivity contribution in [1.29, 1.82) is 0 Å². The quantitative estimate of drug-likeness (QED) is 0.730. The van der Waals surface area contributed by atoms with Gasteiger partial charge in [-0.25, -0.2) is 0 Å². The van der Waals surface area contributed by atoms with Crippen LogP contribution in [-0.4, -0.2) is 35.6 Å². The first-order valence-corrected chi connectivity index (χ1v) is 7.77. The summed E-state index contributed by atoms with van der Waals surface area (Å²) in [5, 5.41) is 15.3. The number of carbonyl (C=O) groups excluding carboxylic acids is 1. The van der Waals surface area contributed by atoms with E-state index in [2.05, 4.69) is 10.6 Å². The van der Waals surface area contributed by atoms with Crippen molar-refractivity contribution in [2.45, 2.75) is 57.4 Å². The van der Waals surface area contributed by atoms with Crippen molar-refractivity contribution in [3.05, 3.63) is 0 Å². The van der Waals surface area contributed by atoms with Gasteiger partial charge in [-0.3, -0.25) is 9.59 Å². The van der Waals surface area contributed by atoms with Crippen molar-refractivity contribution in [1.82, 2.24) is 10.6 Å². The highest BCUT2D eigenvalue weighted by Crippen LogP contribution is 2.28. The summed E-state index contributed by atoms with van der Waals surface area (Å²) in [4.78, 5) is 23.2. The molecule has 0 spiro atoms. The van der Waals surface area contributed by atoms with E-state index in [9.17, 15) is 9.59 Å². The Labute approximate surface area is 120 Å². The van der Waals surface area contributed by atoms with Gasteiger partial charge in [-0.1, -0.05) is 0 Å². The lowest BCUT2D eigenvalue weighted by Crippen LogP contribution is -2.57. The molecule has 20 heavy (non-hydrogen) atoms. The fourth-order valence-corrected chi connectivity index (χ4v) is 3.30. The van der Waals surface area contributed by atoms with Crippen molar-refractivity contribution in [3.8, 4) is 0 Å². The van der Waals surface area contributed by atoms with Gasteiger partial charge in [-0.05, 0) is 64.3 Å². The van der Waals surface area contributed by atoms with Crippen LogP contribution in [0, 0.1) is 11.8 Å². The monoisotopic (exact) mass is 282 g/mol. The van der Waals surface area contributed by atoms with Gasteiger partial charge in [0, 0.05) is 6.54 Å². The summed E-state index contributed by atoms with van der Waals surface area (Å²) in [6.07, 6.45) is 6.42. The minimum atomic E-state index is -0.675. The molecule has 2 rings (SSSR count). The minimum absolute atomic E-state index is 0.0950. The van der Waals surface area contributed by atoms with Gasteiger partial charge in [0.1, 0.15) is 0 Å². The van der Waals surface area contributed by atoms with E-state index in [0.717, 1.165) is 51.5 Å². The molecule has 1 heterocycles. The van der Waals surface area contributed by atoms with E-state index in [0.29, 0.717) is 12.5 Å². The molecule has 1 atom stereocenters. The molecule has 0 aromatic rings. The molecule has 3 N–H and O–H groups in total. The zero-order valence-corrected chi connectivity index (χ0v) is 12.3. The number of amides is 1. The highest BCUT2D eigenvalue weighted by Gasteiger charge is 2.34. The fourth-order valence-electron chi connectivity index (χ4n) is 3.30. The highest BCUT2D eigenvalue weighted by atomic mass is 16.4. The van der Waals surface area contributed by atoms with Gasteiger partial charge in [-0.2, -0.15) is 0 Å². The van der Waals surface area contributed by atoms with E-state index >= 15 is 0 Å². The third-order valence-corrected chi connectivity index (χ3v) is 4.87. The third-order valence-electron chi connectivity index (χ3n) is 4.87. The van der Waals surface area contributed by atoms with Crippen LogP contribution < -0.4 is 10.6 Å². The van der Waals surface area contributed by atoms with Crippen LogP contribution >= 0.6 is 0 Å². The van der Waals surface area contributed by atoms with Crippen LogP contribution in [0.1, 0.15) is 51.9 Å². The molecule has 2 aliphatic rings. The molecule has 0 aromatic carbocycles. The fraction of sp³-hybridized carbons (Fsp3) is 0.867. The van der Waals surface area contributed by atoms with Crippen molar-refractivity contribution >= 4 is 11.9 Å². The van der Waals surface area contributed by atoms with Gasteiger partial charge in [0.2, 0.25) is 5.91 Å². The molecule has 0 radical (unpaired) electrons. The Morgan fingerprint density at radius 2 is 1.95 bits per heavy atom. The average molecular weight is 282 g/mol. The van der Waals surface area contributed by atoms with E-state index in [4.69, 9.17) is 5.11 Å². The van der Waals surface area contributed by atoms with Crippen molar-refractivity contribution in [3.63, 3.8) is 0 Å². The number of aliphatic carboxylic acids is 1. The smallest absolute Gasteiger partial charge is 0.306 e. The second kappa shape index (κ2) is 6.57. The number of hydrogen-bond donors (Lipinski definition) is 3. The first-order chi connectivity index (χ1) is 9.51. The Morgan fingerprint density at radius 3 is 2.50 bits per heavy atom. The molecule has 0 aromatic heterocycles. The molecular formula is C15H26N2O3. The number of carboxylic acid groups (broad SMARTS) is 1. The van der Waals surface area contributed by atoms with Crippen molar-refractivity contribution < 1.29 is 14.7 Å². The Morgan fingerprint density at radius 1 is 1.25 bits per heavy atom. The third kappa shape index (κ3) is 3.72. The van der Waals surface area contributed by atoms with Gasteiger partial charge < -0.3 is 15.7 Å². The summed E-state index contributed by atoms with van der Waals surface area (Å²) in [6.45, 7) is 3.57. The van der Waals surface area contributed by atoms with E-state index in [1.54, 1.807) is 0 Å². The molecule has 1 amide bonds. The topological polar surface area (TPSA) is 78.4 Å². The number of piperidine rings is 1. The molecule has 5 nitrogen and oxygen atoms in total. The first-order valence-electron chi connectivity index (χ1n) is 7.77. The van der Waals surface area contributed by atoms with Gasteiger partial charge >= 0.3 is 5.97 Å². The minimum Gasteiger partial charge on any atom is -0.481 e. The number of carbonyl (C=O) groups is 2. The number of hydrogen-bond acceptors (Lipinski definition) is 3. The maximum atomic E-state index is 12.3. The maximum absolute atomic E-state index is 12.3. The van der Waals surface area contributed by atoms with Crippen molar-refractivity contribution in [2.75, 3.05) is 13.1 Å². The summed E-state index contributed by atoms with van der Waals surface area (Å²) in [6, 6.07) is 0. The Hall–Kier alpha value is -1.10. The van der Waals surface area contributed by atoms with Crippen LogP contribution in [0.4, 0.5) is 0 Å². The molecular weight excluding hydrogens is 256 g/mol. The largest absolute Gasteiger partial charge is 0.481 e. The summed E-state index contributed by atoms with van der Waals surface area (Å²) in [5.41, 5.74) is -0.420. The van der Waals surface area contributed by atoms with E-state index in [1.165, 1.54) is 0 Å². The standard InChI is InChI=1S/C15H26N2O3/c1-15(8-2-3-9-17-15)14(20)16-10-11-4-6-12(7-5-11)13(18)19/h11-12,17H,2-10H2,1H3,(H,16,20)(H,18,19). The summed E-state index contributed by atoms with van der Waals surface area (Å²) >= 11 is 0. The average Bonchev–Trinajstić information content (AvgIpc) is 2.46. The summed E-state index contributed by atoms with van der Waals surface area (Å²) in [5.74, 6) is -0.329. The van der Waals surface area contributed by atoms with Crippen LogP contribution in [0.3, 0.4) is 0 Å². The molecule has 1 aliphatic heterocycles. The molecule has 1 aliphatic carbocycles. The van der Waals surface area contributed by atoms with Crippen LogP contribution in [-0.2, 0) is 9.59 Å². The van der Waals surface area contributed by atoms with Crippen LogP contribution in [0.15, 0.2) is 0 Å². The lowest BCUT2D eigenvalue weighted by Gasteiger charge is -2.34. The van der Waals surface area contributed by atoms with Crippen LogP contribution in [0.25, 0.3) is 0 Å². The van der Waals surface area contributed by atoms with Gasteiger partial charge in [-0.15, -0.1) is 0 Å². The van der Waals surface area contributed by atoms with Gasteiger partial charge in [0.05, 0.1) is 11.5 Å². The lowest BCUT2D eigenvalue weighted by atomic mass is 9.82. The first kappa shape index (κ1) is 15.3. The van der Waals surface area contributed by atoms with E-state index in [1.807, 2.05) is 6.92 Å². The van der Waals surface area contributed by atoms with Gasteiger partial charge in [0.15, 0.2) is 0 Å². The second-order valence-electron chi connectivity index (χ2n) is 6.48. The zero-order chi connectivity index (χ0) is 14.6. The van der Waals surface area contributed by atoms with Crippen LogP contribution in [0.2, 0.25) is 0 Å². The number of carboxylic acids is 1. The predicted octanol–water partition coefficient (Wildman–Crippen LogP) is 1.53. The molecule has 5 heteroatoms. The Kier molecular flexibility index (Phi) is 5.02. The number of nitrogens with one attached hydrogen (secondary N) is 2. The predicted molar refractivity (Wildman–Crippen MR) is 76.4 cm³/mol. The molecule has 2 fully saturated rings. The van der Waals surface area contributed by atoms with Crippen molar-refractivity contribution in [2.24, 2.45) is 11.8 Å².